The Hall–Kier alpha value is -2.54. The first-order valence-corrected chi connectivity index (χ1v) is 9.84. The molecule has 0 aliphatic carbocycles. The van der Waals surface area contributed by atoms with Crippen molar-refractivity contribution in [1.82, 2.24) is 0 Å². The maximum atomic E-state index is 12.4. The Morgan fingerprint density at radius 2 is 1.50 bits per heavy atom. The van der Waals surface area contributed by atoms with Gasteiger partial charge >= 0.3 is 12.3 Å². The Balaban J connectivity index is 2.19. The van der Waals surface area contributed by atoms with E-state index in [4.69, 9.17) is 10.5 Å². The van der Waals surface area contributed by atoms with E-state index >= 15 is 0 Å². The summed E-state index contributed by atoms with van der Waals surface area (Å²) >= 11 is 0. The molecule has 0 radical (unpaired) electrons. The molecular formula is C23H28F3NO3. The zero-order valence-corrected chi connectivity index (χ0v) is 17.6. The molecule has 0 fully saturated rings. The van der Waals surface area contributed by atoms with Crippen molar-refractivity contribution in [3.63, 3.8) is 0 Å². The minimum absolute atomic E-state index is 0.0583. The molecular weight excluding hydrogens is 395 g/mol. The molecule has 2 unspecified atom stereocenters. The molecule has 2 aromatic rings. The van der Waals surface area contributed by atoms with E-state index in [1.54, 1.807) is 45.0 Å². The minimum Gasteiger partial charge on any atom is -0.456 e. The summed E-state index contributed by atoms with van der Waals surface area (Å²) in [6, 6.07) is 12.3. The van der Waals surface area contributed by atoms with Crippen molar-refractivity contribution < 1.29 is 27.4 Å². The smallest absolute Gasteiger partial charge is 0.456 e. The minimum atomic E-state index is -4.73. The third-order valence-electron chi connectivity index (χ3n) is 4.51. The van der Waals surface area contributed by atoms with Crippen LogP contribution in [0.1, 0.15) is 74.0 Å². The molecule has 0 bridgehead atoms. The number of esters is 1. The molecule has 0 saturated heterocycles. The fraction of sp³-hybridized carbons (Fsp3) is 0.435. The van der Waals surface area contributed by atoms with Gasteiger partial charge in [-0.15, -0.1) is 13.2 Å². The topological polar surface area (TPSA) is 61.5 Å². The van der Waals surface area contributed by atoms with Crippen LogP contribution in [0.15, 0.2) is 48.5 Å². The summed E-state index contributed by atoms with van der Waals surface area (Å²) in [5, 5.41) is 0. The van der Waals surface area contributed by atoms with Crippen LogP contribution in [0.3, 0.4) is 0 Å². The second kappa shape index (κ2) is 9.51. The summed E-state index contributed by atoms with van der Waals surface area (Å²) < 4.78 is 46.3. The van der Waals surface area contributed by atoms with Gasteiger partial charge in [0, 0.05) is 12.0 Å². The number of hydrogen-bond acceptors (Lipinski definition) is 4. The number of halogens is 3. The van der Waals surface area contributed by atoms with E-state index in [1.807, 2.05) is 19.1 Å². The third kappa shape index (κ3) is 7.06. The lowest BCUT2D eigenvalue weighted by atomic mass is 9.84. The van der Waals surface area contributed by atoms with Crippen LogP contribution in [0.5, 0.6) is 5.75 Å². The summed E-state index contributed by atoms with van der Waals surface area (Å²) in [6.45, 7) is 7.46. The van der Waals surface area contributed by atoms with Gasteiger partial charge in [-0.2, -0.15) is 0 Å². The van der Waals surface area contributed by atoms with Crippen LogP contribution in [0.2, 0.25) is 0 Å². The highest BCUT2D eigenvalue weighted by molar-refractivity contribution is 5.89. The Kier molecular flexibility index (Phi) is 7.53. The lowest BCUT2D eigenvalue weighted by molar-refractivity contribution is -0.274. The van der Waals surface area contributed by atoms with Gasteiger partial charge in [0.1, 0.15) is 11.4 Å². The van der Waals surface area contributed by atoms with Crippen LogP contribution in [-0.4, -0.2) is 17.9 Å². The van der Waals surface area contributed by atoms with Crippen LogP contribution >= 0.6 is 0 Å². The number of carbonyl (C=O) groups excluding carboxylic acids is 1. The van der Waals surface area contributed by atoms with Crippen LogP contribution < -0.4 is 10.5 Å². The Morgan fingerprint density at radius 3 is 1.97 bits per heavy atom. The molecule has 0 aliphatic rings. The summed E-state index contributed by atoms with van der Waals surface area (Å²) in [5.74, 6) is -0.741. The molecule has 2 atom stereocenters. The van der Waals surface area contributed by atoms with Crippen molar-refractivity contribution in [3.8, 4) is 5.75 Å². The predicted octanol–water partition coefficient (Wildman–Crippen LogP) is 6.12. The third-order valence-corrected chi connectivity index (χ3v) is 4.51. The SMILES string of the molecule is CCCC(c1ccc(C(=O)OC(C)(C)C)cc1)C(N)c1ccc(OC(F)(F)F)cc1. The number of carbonyl (C=O) groups is 1. The van der Waals surface area contributed by atoms with Gasteiger partial charge in [0.2, 0.25) is 0 Å². The lowest BCUT2D eigenvalue weighted by Crippen LogP contribution is -2.24. The maximum Gasteiger partial charge on any atom is 0.573 e. The van der Waals surface area contributed by atoms with Crippen molar-refractivity contribution in [1.29, 1.82) is 0 Å². The monoisotopic (exact) mass is 423 g/mol. The van der Waals surface area contributed by atoms with Crippen LogP contribution in [0.25, 0.3) is 0 Å². The first kappa shape index (κ1) is 23.7. The fourth-order valence-electron chi connectivity index (χ4n) is 3.19. The molecule has 2 aromatic carbocycles. The van der Waals surface area contributed by atoms with Crippen molar-refractivity contribution in [2.45, 2.75) is 64.5 Å². The van der Waals surface area contributed by atoms with Gasteiger partial charge in [0.25, 0.3) is 0 Å². The van der Waals surface area contributed by atoms with E-state index in [-0.39, 0.29) is 11.7 Å². The van der Waals surface area contributed by atoms with E-state index in [0.717, 1.165) is 18.4 Å². The molecule has 0 aliphatic heterocycles. The Bertz CT molecular complexity index is 825. The average molecular weight is 423 g/mol. The Morgan fingerprint density at radius 1 is 0.967 bits per heavy atom. The average Bonchev–Trinajstić information content (AvgIpc) is 2.64. The molecule has 0 heterocycles. The molecule has 164 valence electrons. The number of benzene rings is 2. The standard InChI is InChI=1S/C23H28F3NO3/c1-5-6-19(15-7-9-17(10-8-15)21(28)30-22(2,3)4)20(27)16-11-13-18(14-12-16)29-23(24,25)26/h7-14,19-20H,5-6,27H2,1-4H3. The highest BCUT2D eigenvalue weighted by Crippen LogP contribution is 2.34. The largest absolute Gasteiger partial charge is 0.573 e. The van der Waals surface area contributed by atoms with E-state index in [9.17, 15) is 18.0 Å². The van der Waals surface area contributed by atoms with E-state index in [2.05, 4.69) is 4.74 Å². The number of ether oxygens (including phenoxy) is 2. The van der Waals surface area contributed by atoms with Crippen LogP contribution in [-0.2, 0) is 4.74 Å². The normalized spacial score (nSPS) is 14.1. The zero-order chi connectivity index (χ0) is 22.5. The van der Waals surface area contributed by atoms with E-state index < -0.39 is 24.0 Å². The second-order valence-corrected chi connectivity index (χ2v) is 8.16. The number of hydrogen-bond donors (Lipinski definition) is 1. The first-order valence-electron chi connectivity index (χ1n) is 9.84. The molecule has 7 heteroatoms. The van der Waals surface area contributed by atoms with Gasteiger partial charge in [-0.05, 0) is 62.6 Å². The molecule has 30 heavy (non-hydrogen) atoms. The van der Waals surface area contributed by atoms with Gasteiger partial charge < -0.3 is 15.2 Å². The van der Waals surface area contributed by atoms with Crippen LogP contribution in [0, 0.1) is 0 Å². The van der Waals surface area contributed by atoms with Gasteiger partial charge in [-0.1, -0.05) is 37.6 Å². The number of alkyl halides is 3. The maximum absolute atomic E-state index is 12.4. The van der Waals surface area contributed by atoms with E-state index in [0.29, 0.717) is 11.1 Å². The van der Waals surface area contributed by atoms with Gasteiger partial charge in [0.05, 0.1) is 5.56 Å². The van der Waals surface area contributed by atoms with E-state index in [1.165, 1.54) is 12.1 Å². The second-order valence-electron chi connectivity index (χ2n) is 8.16. The lowest BCUT2D eigenvalue weighted by Gasteiger charge is -2.25. The van der Waals surface area contributed by atoms with Gasteiger partial charge in [0.15, 0.2) is 0 Å². The van der Waals surface area contributed by atoms with Gasteiger partial charge in [-0.3, -0.25) is 0 Å². The number of nitrogens with two attached hydrogens (primary N) is 1. The summed E-state index contributed by atoms with van der Waals surface area (Å²) in [5.41, 5.74) is 7.99. The summed E-state index contributed by atoms with van der Waals surface area (Å²) in [6.07, 6.45) is -3.07. The molecule has 0 spiro atoms. The van der Waals surface area contributed by atoms with Crippen molar-refractivity contribution in [3.05, 3.63) is 65.2 Å². The summed E-state index contributed by atoms with van der Waals surface area (Å²) in [4.78, 5) is 12.2. The molecule has 0 amide bonds. The highest BCUT2D eigenvalue weighted by atomic mass is 19.4. The zero-order valence-electron chi connectivity index (χ0n) is 17.6. The van der Waals surface area contributed by atoms with Gasteiger partial charge in [-0.25, -0.2) is 4.79 Å². The fourth-order valence-corrected chi connectivity index (χ4v) is 3.19. The summed E-state index contributed by atoms with van der Waals surface area (Å²) in [7, 11) is 0. The molecule has 2 N–H and O–H groups in total. The molecule has 2 rings (SSSR count). The quantitative estimate of drug-likeness (QED) is 0.545. The van der Waals surface area contributed by atoms with Crippen molar-refractivity contribution in [2.75, 3.05) is 0 Å². The number of rotatable bonds is 7. The molecule has 0 aromatic heterocycles. The Labute approximate surface area is 175 Å². The first-order chi connectivity index (χ1) is 13.9. The van der Waals surface area contributed by atoms with Crippen molar-refractivity contribution >= 4 is 5.97 Å². The molecule has 0 saturated carbocycles. The molecule has 4 nitrogen and oxygen atoms in total. The van der Waals surface area contributed by atoms with Crippen molar-refractivity contribution in [2.24, 2.45) is 5.73 Å². The predicted molar refractivity (Wildman–Crippen MR) is 109 cm³/mol. The van der Waals surface area contributed by atoms with Crippen LogP contribution in [0.4, 0.5) is 13.2 Å². The highest BCUT2D eigenvalue weighted by Gasteiger charge is 2.31.